The molecule has 1 rings (SSSR count). The molecule has 96 valence electrons. The van der Waals surface area contributed by atoms with Gasteiger partial charge >= 0.3 is 0 Å². The minimum absolute atomic E-state index is 0.00768. The first-order chi connectivity index (χ1) is 8.09. The maximum Gasteiger partial charge on any atom is 0.165 e. The molecule has 0 aliphatic heterocycles. The van der Waals surface area contributed by atoms with Crippen LogP contribution in [0.4, 0.5) is 4.39 Å². The van der Waals surface area contributed by atoms with Crippen LogP contribution in [0.2, 0.25) is 0 Å². The van der Waals surface area contributed by atoms with E-state index in [1.165, 1.54) is 12.1 Å². The van der Waals surface area contributed by atoms with E-state index in [9.17, 15) is 9.50 Å². The Balaban J connectivity index is 2.24. The molecule has 1 aromatic rings. The van der Waals surface area contributed by atoms with Gasteiger partial charge in [-0.1, -0.05) is 12.1 Å². The van der Waals surface area contributed by atoms with E-state index < -0.39 is 18.0 Å². The molecule has 5 heteroatoms. The Morgan fingerprint density at radius 1 is 1.29 bits per heavy atom. The molecule has 0 saturated heterocycles. The van der Waals surface area contributed by atoms with Crippen molar-refractivity contribution in [1.29, 1.82) is 0 Å². The summed E-state index contributed by atoms with van der Waals surface area (Å²) in [6, 6.07) is 6.04. The highest BCUT2D eigenvalue weighted by Gasteiger charge is 2.07. The van der Waals surface area contributed by atoms with Crippen LogP contribution in [0.15, 0.2) is 24.3 Å². The zero-order chi connectivity index (χ0) is 12.7. The summed E-state index contributed by atoms with van der Waals surface area (Å²) >= 11 is 0. The summed E-state index contributed by atoms with van der Waals surface area (Å²) in [5.74, 6) is -0.321. The monoisotopic (exact) mass is 243 g/mol. The van der Waals surface area contributed by atoms with Gasteiger partial charge in [-0.3, -0.25) is 0 Å². The van der Waals surface area contributed by atoms with Gasteiger partial charge in [-0.2, -0.15) is 0 Å². The average molecular weight is 243 g/mol. The van der Waals surface area contributed by atoms with Crippen molar-refractivity contribution in [2.24, 2.45) is 0 Å². The molecule has 0 saturated carbocycles. The van der Waals surface area contributed by atoms with Crippen molar-refractivity contribution in [2.75, 3.05) is 19.7 Å². The quantitative estimate of drug-likeness (QED) is 0.654. The molecule has 0 heterocycles. The number of nitrogens with one attached hydrogen (secondary N) is 1. The van der Waals surface area contributed by atoms with E-state index >= 15 is 0 Å². The molecule has 2 atom stereocenters. The summed E-state index contributed by atoms with van der Waals surface area (Å²) in [6.07, 6.45) is -1.21. The van der Waals surface area contributed by atoms with Crippen molar-refractivity contribution < 1.29 is 19.3 Å². The lowest BCUT2D eigenvalue weighted by Crippen LogP contribution is -2.35. The van der Waals surface area contributed by atoms with Gasteiger partial charge in [0.1, 0.15) is 12.7 Å². The fourth-order valence-corrected chi connectivity index (χ4v) is 1.27. The maximum atomic E-state index is 13.1. The van der Waals surface area contributed by atoms with Crippen molar-refractivity contribution >= 4 is 0 Å². The number of ether oxygens (including phenoxy) is 1. The zero-order valence-corrected chi connectivity index (χ0v) is 9.77. The van der Waals surface area contributed by atoms with E-state index in [0.717, 1.165) is 0 Å². The molecule has 0 spiro atoms. The number of rotatable bonds is 7. The van der Waals surface area contributed by atoms with Crippen molar-refractivity contribution in [3.8, 4) is 5.75 Å². The maximum absolute atomic E-state index is 13.1. The summed E-state index contributed by atoms with van der Waals surface area (Å²) < 4.78 is 18.3. The van der Waals surface area contributed by atoms with Crippen LogP contribution in [0.5, 0.6) is 5.75 Å². The Morgan fingerprint density at radius 3 is 2.65 bits per heavy atom. The van der Waals surface area contributed by atoms with Crippen LogP contribution in [-0.4, -0.2) is 42.1 Å². The number of aliphatic hydroxyl groups is 2. The highest BCUT2D eigenvalue weighted by molar-refractivity contribution is 5.23. The first-order valence-electron chi connectivity index (χ1n) is 5.53. The number of aliphatic hydroxyl groups excluding tert-OH is 2. The molecule has 0 fully saturated rings. The molecule has 0 bridgehead atoms. The summed E-state index contributed by atoms with van der Waals surface area (Å²) in [7, 11) is 0. The van der Waals surface area contributed by atoms with E-state index in [4.69, 9.17) is 9.84 Å². The number of benzene rings is 1. The van der Waals surface area contributed by atoms with Gasteiger partial charge in [0.25, 0.3) is 0 Å². The molecule has 0 amide bonds. The summed E-state index contributed by atoms with van der Waals surface area (Å²) in [5.41, 5.74) is 0. The van der Waals surface area contributed by atoms with Crippen LogP contribution in [0.1, 0.15) is 6.92 Å². The summed E-state index contributed by atoms with van der Waals surface area (Å²) in [6.45, 7) is 2.35. The molecular weight excluding hydrogens is 225 g/mol. The SMILES string of the molecule is CC(O)CNCC(O)COc1ccccc1F. The van der Waals surface area contributed by atoms with Gasteiger partial charge in [0, 0.05) is 13.1 Å². The molecular formula is C12H18FNO3. The van der Waals surface area contributed by atoms with Gasteiger partial charge in [-0.05, 0) is 19.1 Å². The van der Waals surface area contributed by atoms with Crippen molar-refractivity contribution in [1.82, 2.24) is 5.32 Å². The van der Waals surface area contributed by atoms with Crippen LogP contribution in [0.25, 0.3) is 0 Å². The fourth-order valence-electron chi connectivity index (χ4n) is 1.27. The van der Waals surface area contributed by atoms with Gasteiger partial charge in [0.15, 0.2) is 11.6 Å². The largest absolute Gasteiger partial charge is 0.488 e. The third kappa shape index (κ3) is 5.63. The minimum atomic E-state index is -0.742. The molecule has 0 aliphatic carbocycles. The van der Waals surface area contributed by atoms with Gasteiger partial charge in [-0.15, -0.1) is 0 Å². The Kier molecular flexibility index (Phi) is 5.90. The highest BCUT2D eigenvalue weighted by atomic mass is 19.1. The molecule has 0 aromatic heterocycles. The van der Waals surface area contributed by atoms with E-state index in [-0.39, 0.29) is 12.4 Å². The van der Waals surface area contributed by atoms with Crippen LogP contribution in [-0.2, 0) is 0 Å². The molecule has 17 heavy (non-hydrogen) atoms. The first kappa shape index (κ1) is 13.9. The minimum Gasteiger partial charge on any atom is -0.488 e. The van der Waals surface area contributed by atoms with Crippen molar-refractivity contribution in [3.05, 3.63) is 30.1 Å². The zero-order valence-electron chi connectivity index (χ0n) is 9.77. The molecule has 0 radical (unpaired) electrons. The smallest absolute Gasteiger partial charge is 0.165 e. The molecule has 3 N–H and O–H groups in total. The van der Waals surface area contributed by atoms with Gasteiger partial charge < -0.3 is 20.3 Å². The second kappa shape index (κ2) is 7.21. The van der Waals surface area contributed by atoms with Gasteiger partial charge in [0.05, 0.1) is 6.10 Å². The van der Waals surface area contributed by atoms with Crippen LogP contribution in [0.3, 0.4) is 0 Å². The second-order valence-electron chi connectivity index (χ2n) is 3.90. The lowest BCUT2D eigenvalue weighted by atomic mass is 10.3. The number of halogens is 1. The van der Waals surface area contributed by atoms with Crippen LogP contribution in [0, 0.1) is 5.82 Å². The molecule has 1 aromatic carbocycles. The Labute approximate surface area is 100 Å². The predicted molar refractivity (Wildman–Crippen MR) is 62.5 cm³/mol. The predicted octanol–water partition coefficient (Wildman–Crippen LogP) is 0.536. The van der Waals surface area contributed by atoms with E-state index in [2.05, 4.69) is 5.32 Å². The normalized spacial score (nSPS) is 14.4. The Bertz CT molecular complexity index is 333. The van der Waals surface area contributed by atoms with Crippen LogP contribution >= 0.6 is 0 Å². The molecule has 0 aliphatic rings. The van der Waals surface area contributed by atoms with Crippen LogP contribution < -0.4 is 10.1 Å². The number of hydrogen-bond acceptors (Lipinski definition) is 4. The average Bonchev–Trinajstić information content (AvgIpc) is 2.27. The summed E-state index contributed by atoms with van der Waals surface area (Å²) in [5, 5.41) is 21.4. The second-order valence-corrected chi connectivity index (χ2v) is 3.90. The van der Waals surface area contributed by atoms with E-state index in [1.54, 1.807) is 19.1 Å². The Morgan fingerprint density at radius 2 is 2.00 bits per heavy atom. The number of hydrogen-bond donors (Lipinski definition) is 3. The third-order valence-corrected chi connectivity index (χ3v) is 2.09. The molecule has 2 unspecified atom stereocenters. The van der Waals surface area contributed by atoms with Gasteiger partial charge in [-0.25, -0.2) is 4.39 Å². The fraction of sp³-hybridized carbons (Fsp3) is 0.500. The third-order valence-electron chi connectivity index (χ3n) is 2.09. The van der Waals surface area contributed by atoms with Gasteiger partial charge in [0.2, 0.25) is 0 Å². The standard InChI is InChI=1S/C12H18FNO3/c1-9(15)6-14-7-10(16)8-17-12-5-3-2-4-11(12)13/h2-5,9-10,14-16H,6-8H2,1H3. The lowest BCUT2D eigenvalue weighted by Gasteiger charge is -2.14. The first-order valence-corrected chi connectivity index (χ1v) is 5.53. The lowest BCUT2D eigenvalue weighted by molar-refractivity contribution is 0.0992. The highest BCUT2D eigenvalue weighted by Crippen LogP contribution is 2.15. The number of para-hydroxylation sites is 1. The molecule has 4 nitrogen and oxygen atoms in total. The topological polar surface area (TPSA) is 61.7 Å². The Hall–Kier alpha value is -1.17. The van der Waals surface area contributed by atoms with E-state index in [0.29, 0.717) is 13.1 Å². The van der Waals surface area contributed by atoms with Crippen molar-refractivity contribution in [3.63, 3.8) is 0 Å². The van der Waals surface area contributed by atoms with E-state index in [1.807, 2.05) is 0 Å². The summed E-state index contributed by atoms with van der Waals surface area (Å²) in [4.78, 5) is 0. The van der Waals surface area contributed by atoms with Crippen molar-refractivity contribution in [2.45, 2.75) is 19.1 Å².